The van der Waals surface area contributed by atoms with Crippen molar-refractivity contribution in [2.75, 3.05) is 13.1 Å². The summed E-state index contributed by atoms with van der Waals surface area (Å²) in [5.74, 6) is 0.876. The van der Waals surface area contributed by atoms with Gasteiger partial charge in [-0.1, -0.05) is 18.2 Å². The number of aromatic amines is 1. The monoisotopic (exact) mass is 468 g/mol. The number of nitrogens with one attached hydrogen (secondary N) is 3. The van der Waals surface area contributed by atoms with E-state index >= 15 is 0 Å². The summed E-state index contributed by atoms with van der Waals surface area (Å²) in [5, 5.41) is 10.1. The van der Waals surface area contributed by atoms with Gasteiger partial charge in [-0.05, 0) is 48.9 Å². The fraction of sp³-hybridized carbons (Fsp3) is 0.316. The highest BCUT2D eigenvalue weighted by Gasteiger charge is 2.04. The molecular weight excluding hydrogens is 443 g/mol. The molecule has 0 aliphatic rings. The zero-order valence-electron chi connectivity index (χ0n) is 14.6. The van der Waals surface area contributed by atoms with Crippen molar-refractivity contribution in [3.05, 3.63) is 57.9 Å². The van der Waals surface area contributed by atoms with Gasteiger partial charge in [0.2, 0.25) is 0 Å². The molecule has 0 bridgehead atoms. The largest absolute Gasteiger partial charge is 0.361 e. The van der Waals surface area contributed by atoms with Crippen molar-refractivity contribution < 1.29 is 0 Å². The summed E-state index contributed by atoms with van der Waals surface area (Å²) >= 11 is 1.74. The lowest BCUT2D eigenvalue weighted by Crippen LogP contribution is -2.38. The van der Waals surface area contributed by atoms with Gasteiger partial charge in [0.25, 0.3) is 0 Å². The quantitative estimate of drug-likeness (QED) is 0.285. The van der Waals surface area contributed by atoms with E-state index in [4.69, 9.17) is 0 Å². The smallest absolute Gasteiger partial charge is 0.191 e. The Bertz CT molecular complexity index is 808. The molecule has 2 aromatic heterocycles. The molecular formula is C19H25IN4S. The number of nitrogens with zero attached hydrogens (tertiary/aromatic N) is 1. The van der Waals surface area contributed by atoms with E-state index in [0.717, 1.165) is 32.0 Å². The van der Waals surface area contributed by atoms with Crippen molar-refractivity contribution in [2.45, 2.75) is 26.8 Å². The molecule has 6 heteroatoms. The number of rotatable bonds is 6. The summed E-state index contributed by atoms with van der Waals surface area (Å²) in [6, 6.07) is 10.7. The Kier molecular flexibility index (Phi) is 7.77. The van der Waals surface area contributed by atoms with E-state index in [-0.39, 0.29) is 24.0 Å². The Morgan fingerprint density at radius 3 is 2.88 bits per heavy atom. The third-order valence-corrected chi connectivity index (χ3v) is 4.79. The first-order valence-electron chi connectivity index (χ1n) is 8.37. The molecule has 0 saturated carbocycles. The van der Waals surface area contributed by atoms with Crippen LogP contribution >= 0.6 is 35.3 Å². The van der Waals surface area contributed by atoms with Gasteiger partial charge in [0.15, 0.2) is 5.96 Å². The molecule has 0 amide bonds. The number of hydrogen-bond donors (Lipinski definition) is 3. The first-order chi connectivity index (χ1) is 11.8. The second-order valence-corrected chi connectivity index (χ2v) is 6.85. The molecule has 0 fully saturated rings. The molecule has 4 nitrogen and oxygen atoms in total. The molecule has 0 atom stereocenters. The number of guanidine groups is 1. The van der Waals surface area contributed by atoms with Crippen LogP contribution in [0.2, 0.25) is 0 Å². The van der Waals surface area contributed by atoms with Crippen LogP contribution in [0.25, 0.3) is 10.9 Å². The van der Waals surface area contributed by atoms with Gasteiger partial charge in [0, 0.05) is 35.1 Å². The molecule has 0 radical (unpaired) electrons. The zero-order valence-corrected chi connectivity index (χ0v) is 17.8. The van der Waals surface area contributed by atoms with Crippen LogP contribution in [0.1, 0.15) is 22.9 Å². The lowest BCUT2D eigenvalue weighted by molar-refractivity contribution is 0.803. The number of fused-ring (bicyclic) bond motifs is 1. The highest BCUT2D eigenvalue weighted by atomic mass is 127. The molecule has 0 unspecified atom stereocenters. The second kappa shape index (κ2) is 9.82. The third kappa shape index (κ3) is 5.47. The van der Waals surface area contributed by atoms with Crippen molar-refractivity contribution in [1.82, 2.24) is 15.6 Å². The molecule has 2 heterocycles. The summed E-state index contributed by atoms with van der Waals surface area (Å²) in [5.41, 5.74) is 3.83. The average molecular weight is 468 g/mol. The van der Waals surface area contributed by atoms with Crippen molar-refractivity contribution in [1.29, 1.82) is 0 Å². The Balaban J connectivity index is 0.00000225. The fourth-order valence-electron chi connectivity index (χ4n) is 2.72. The Morgan fingerprint density at radius 2 is 2.12 bits per heavy atom. The SMILES string of the molecule is CCNC(=NCc1cccs1)NCCc1c[nH]c2cc(C)ccc12.I. The maximum absolute atomic E-state index is 4.65. The number of benzene rings is 1. The van der Waals surface area contributed by atoms with E-state index in [1.807, 2.05) is 0 Å². The third-order valence-electron chi connectivity index (χ3n) is 3.93. The van der Waals surface area contributed by atoms with Crippen LogP contribution in [0.5, 0.6) is 0 Å². The lowest BCUT2D eigenvalue weighted by Gasteiger charge is -2.10. The van der Waals surface area contributed by atoms with E-state index in [1.54, 1.807) is 11.3 Å². The minimum Gasteiger partial charge on any atom is -0.361 e. The molecule has 0 saturated heterocycles. The maximum Gasteiger partial charge on any atom is 0.191 e. The normalized spacial score (nSPS) is 11.4. The number of hydrogen-bond acceptors (Lipinski definition) is 2. The number of H-pyrrole nitrogens is 1. The topological polar surface area (TPSA) is 52.2 Å². The Morgan fingerprint density at radius 1 is 1.24 bits per heavy atom. The summed E-state index contributed by atoms with van der Waals surface area (Å²) in [6.45, 7) is 6.65. The van der Waals surface area contributed by atoms with Gasteiger partial charge in [-0.3, -0.25) is 0 Å². The van der Waals surface area contributed by atoms with Gasteiger partial charge < -0.3 is 15.6 Å². The number of thiophene rings is 1. The predicted molar refractivity (Wildman–Crippen MR) is 119 cm³/mol. The van der Waals surface area contributed by atoms with Crippen molar-refractivity contribution in [3.8, 4) is 0 Å². The Labute approximate surface area is 170 Å². The number of aliphatic imine (C=N–C) groups is 1. The van der Waals surface area contributed by atoms with Crippen LogP contribution in [-0.2, 0) is 13.0 Å². The van der Waals surface area contributed by atoms with E-state index in [1.165, 1.54) is 26.9 Å². The molecule has 1 aromatic carbocycles. The van der Waals surface area contributed by atoms with Gasteiger partial charge >= 0.3 is 0 Å². The average Bonchev–Trinajstić information content (AvgIpc) is 3.22. The van der Waals surface area contributed by atoms with E-state index in [2.05, 4.69) is 76.4 Å². The van der Waals surface area contributed by atoms with Crippen LogP contribution < -0.4 is 10.6 Å². The summed E-state index contributed by atoms with van der Waals surface area (Å²) < 4.78 is 0. The van der Waals surface area contributed by atoms with E-state index in [9.17, 15) is 0 Å². The highest BCUT2D eigenvalue weighted by molar-refractivity contribution is 14.0. The van der Waals surface area contributed by atoms with Gasteiger partial charge in [-0.2, -0.15) is 0 Å². The van der Waals surface area contributed by atoms with Crippen LogP contribution in [0.3, 0.4) is 0 Å². The van der Waals surface area contributed by atoms with Gasteiger partial charge in [0.1, 0.15) is 0 Å². The molecule has 25 heavy (non-hydrogen) atoms. The second-order valence-electron chi connectivity index (χ2n) is 5.81. The molecule has 3 rings (SSSR count). The minimum atomic E-state index is 0. The van der Waals surface area contributed by atoms with E-state index in [0.29, 0.717) is 0 Å². The Hall–Kier alpha value is -1.54. The number of halogens is 1. The highest BCUT2D eigenvalue weighted by Crippen LogP contribution is 2.19. The number of aromatic nitrogens is 1. The van der Waals surface area contributed by atoms with Gasteiger partial charge in [0.05, 0.1) is 6.54 Å². The minimum absolute atomic E-state index is 0. The molecule has 0 aliphatic heterocycles. The van der Waals surface area contributed by atoms with Crippen LogP contribution in [-0.4, -0.2) is 24.0 Å². The maximum atomic E-state index is 4.65. The molecule has 3 aromatic rings. The zero-order chi connectivity index (χ0) is 16.8. The standard InChI is InChI=1S/C19H24N4S.HI/c1-3-20-19(23-13-16-5-4-10-24-16)21-9-8-15-12-22-18-11-14(2)6-7-17(15)18;/h4-7,10-12,22H,3,8-9,13H2,1-2H3,(H2,20,21,23);1H. The van der Waals surface area contributed by atoms with Gasteiger partial charge in [-0.15, -0.1) is 35.3 Å². The van der Waals surface area contributed by atoms with E-state index < -0.39 is 0 Å². The number of aryl methyl sites for hydroxylation is 1. The fourth-order valence-corrected chi connectivity index (χ4v) is 3.35. The summed E-state index contributed by atoms with van der Waals surface area (Å²) in [4.78, 5) is 9.29. The van der Waals surface area contributed by atoms with Crippen LogP contribution in [0, 0.1) is 6.92 Å². The lowest BCUT2D eigenvalue weighted by atomic mass is 10.1. The van der Waals surface area contributed by atoms with Crippen LogP contribution in [0.15, 0.2) is 46.9 Å². The summed E-state index contributed by atoms with van der Waals surface area (Å²) in [7, 11) is 0. The molecule has 134 valence electrons. The van der Waals surface area contributed by atoms with Crippen molar-refractivity contribution >= 4 is 52.2 Å². The molecule has 0 spiro atoms. The van der Waals surface area contributed by atoms with Crippen molar-refractivity contribution in [3.63, 3.8) is 0 Å². The first kappa shape index (κ1) is 19.8. The first-order valence-corrected chi connectivity index (χ1v) is 9.25. The van der Waals surface area contributed by atoms with Gasteiger partial charge in [-0.25, -0.2) is 4.99 Å². The van der Waals surface area contributed by atoms with Crippen molar-refractivity contribution in [2.24, 2.45) is 4.99 Å². The molecule has 0 aliphatic carbocycles. The van der Waals surface area contributed by atoms with Crippen LogP contribution in [0.4, 0.5) is 0 Å². The molecule has 3 N–H and O–H groups in total. The summed E-state index contributed by atoms with van der Waals surface area (Å²) in [6.07, 6.45) is 3.08. The predicted octanol–water partition coefficient (Wildman–Crippen LogP) is 4.45.